The molecule has 0 aliphatic heterocycles. The highest BCUT2D eigenvalue weighted by atomic mass is 32.2. The molecule has 0 aromatic heterocycles. The molecule has 142 valence electrons. The van der Waals surface area contributed by atoms with E-state index in [0.29, 0.717) is 22.6 Å². The zero-order valence-corrected chi connectivity index (χ0v) is 15.8. The average molecular weight is 402 g/mol. The maximum Gasteiger partial charge on any atom is 0.294 e. The Morgan fingerprint density at radius 1 is 0.690 bits per heavy atom. The predicted molar refractivity (Wildman–Crippen MR) is 109 cm³/mol. The van der Waals surface area contributed by atoms with Crippen molar-refractivity contribution in [2.24, 2.45) is 0 Å². The van der Waals surface area contributed by atoms with Gasteiger partial charge in [0, 0.05) is 21.9 Å². The lowest BCUT2D eigenvalue weighted by Gasteiger charge is -2.21. The molecule has 5 rings (SSSR count). The molecular formula is C23H14O5S. The van der Waals surface area contributed by atoms with Gasteiger partial charge in [-0.05, 0) is 47.5 Å². The molecule has 4 aromatic carbocycles. The average Bonchev–Trinajstić information content (AvgIpc) is 2.72. The molecule has 6 heteroatoms. The Hall–Kier alpha value is -3.48. The van der Waals surface area contributed by atoms with E-state index < -0.39 is 10.1 Å². The van der Waals surface area contributed by atoms with Gasteiger partial charge in [0.1, 0.15) is 11.5 Å². The number of fused-ring (bicyclic) bond motifs is 2. The van der Waals surface area contributed by atoms with Crippen molar-refractivity contribution in [3.63, 3.8) is 0 Å². The van der Waals surface area contributed by atoms with Crippen molar-refractivity contribution in [3.05, 3.63) is 90.0 Å². The number of benzene rings is 4. The van der Waals surface area contributed by atoms with E-state index in [2.05, 4.69) is 0 Å². The van der Waals surface area contributed by atoms with Gasteiger partial charge in [0.05, 0.1) is 4.90 Å². The summed E-state index contributed by atoms with van der Waals surface area (Å²) in [6.07, 6.45) is 0. The molecule has 0 heterocycles. The second-order valence-corrected chi connectivity index (χ2v) is 8.18. The molecule has 5 nitrogen and oxygen atoms in total. The predicted octanol–water partition coefficient (Wildman–Crippen LogP) is 5.09. The first-order chi connectivity index (χ1) is 13.9. The van der Waals surface area contributed by atoms with Crippen LogP contribution in [0.4, 0.5) is 0 Å². The lowest BCUT2D eigenvalue weighted by Crippen LogP contribution is -2.09. The number of ether oxygens (including phenoxy) is 1. The second kappa shape index (κ2) is 6.27. The van der Waals surface area contributed by atoms with Gasteiger partial charge in [-0.3, -0.25) is 9.35 Å². The first kappa shape index (κ1) is 17.6. The minimum atomic E-state index is -4.26. The first-order valence-electron chi connectivity index (χ1n) is 8.89. The number of carbonyl (C=O) groups is 1. The fourth-order valence-electron chi connectivity index (χ4n) is 3.75. The Labute approximate surface area is 166 Å². The van der Waals surface area contributed by atoms with Gasteiger partial charge >= 0.3 is 0 Å². The highest BCUT2D eigenvalue weighted by molar-refractivity contribution is 7.85. The zero-order valence-electron chi connectivity index (χ0n) is 15.0. The summed E-state index contributed by atoms with van der Waals surface area (Å²) in [6, 6.07) is 22.3. The Morgan fingerprint density at radius 3 is 2.10 bits per heavy atom. The summed E-state index contributed by atoms with van der Waals surface area (Å²) in [5.41, 5.74) is 3.18. The normalized spacial score (nSPS) is 12.7. The van der Waals surface area contributed by atoms with Gasteiger partial charge in [-0.25, -0.2) is 0 Å². The molecule has 0 saturated heterocycles. The third-order valence-corrected chi connectivity index (χ3v) is 5.92. The largest absolute Gasteiger partial charge is 0.457 e. The van der Waals surface area contributed by atoms with E-state index in [-0.39, 0.29) is 10.7 Å². The maximum absolute atomic E-state index is 13.0. The van der Waals surface area contributed by atoms with Crippen molar-refractivity contribution in [2.75, 3.05) is 0 Å². The van der Waals surface area contributed by atoms with Crippen molar-refractivity contribution in [2.45, 2.75) is 4.90 Å². The van der Waals surface area contributed by atoms with Crippen LogP contribution in [-0.2, 0) is 10.1 Å². The first-order valence-corrected chi connectivity index (χ1v) is 10.3. The Morgan fingerprint density at radius 2 is 1.38 bits per heavy atom. The summed E-state index contributed by atoms with van der Waals surface area (Å²) in [4.78, 5) is 12.8. The lowest BCUT2D eigenvalue weighted by molar-refractivity contribution is 0.104. The highest BCUT2D eigenvalue weighted by Gasteiger charge is 2.25. The Kier molecular flexibility index (Phi) is 3.81. The summed E-state index contributed by atoms with van der Waals surface area (Å²) in [7, 11) is -4.26. The minimum absolute atomic E-state index is 0.0200. The summed E-state index contributed by atoms with van der Waals surface area (Å²) in [5, 5.41) is 1.63. The van der Waals surface area contributed by atoms with Gasteiger partial charge in [-0.1, -0.05) is 42.5 Å². The van der Waals surface area contributed by atoms with Crippen LogP contribution in [0.2, 0.25) is 0 Å². The number of carbonyl (C=O) groups excluding carboxylic acids is 1. The monoisotopic (exact) mass is 402 g/mol. The van der Waals surface area contributed by atoms with E-state index >= 15 is 0 Å². The zero-order chi connectivity index (χ0) is 20.2. The van der Waals surface area contributed by atoms with Crippen LogP contribution >= 0.6 is 0 Å². The number of rotatable bonds is 3. The number of hydrogen-bond donors (Lipinski definition) is 1. The molecule has 1 N–H and O–H groups in total. The molecule has 0 spiro atoms. The van der Waals surface area contributed by atoms with Gasteiger partial charge in [0.25, 0.3) is 10.1 Å². The van der Waals surface area contributed by atoms with Crippen molar-refractivity contribution in [3.8, 4) is 22.6 Å². The third-order valence-electron chi connectivity index (χ3n) is 5.06. The summed E-state index contributed by atoms with van der Waals surface area (Å²) in [5.74, 6) is 0.950. The molecule has 0 fully saturated rings. The fourth-order valence-corrected chi connectivity index (χ4v) is 4.23. The molecule has 0 saturated carbocycles. The van der Waals surface area contributed by atoms with E-state index in [0.717, 1.165) is 21.9 Å². The Bertz CT molecular complexity index is 1400. The van der Waals surface area contributed by atoms with Crippen LogP contribution in [0.25, 0.3) is 21.9 Å². The van der Waals surface area contributed by atoms with Crippen LogP contribution in [0.1, 0.15) is 15.9 Å². The van der Waals surface area contributed by atoms with Gasteiger partial charge in [-0.15, -0.1) is 0 Å². The topological polar surface area (TPSA) is 80.7 Å². The van der Waals surface area contributed by atoms with Crippen LogP contribution in [0.3, 0.4) is 0 Å². The molecule has 29 heavy (non-hydrogen) atoms. The smallest absolute Gasteiger partial charge is 0.294 e. The molecule has 0 bridgehead atoms. The maximum atomic E-state index is 13.0. The van der Waals surface area contributed by atoms with Crippen LogP contribution in [0.15, 0.2) is 83.8 Å². The van der Waals surface area contributed by atoms with Gasteiger partial charge in [0.2, 0.25) is 0 Å². The quantitative estimate of drug-likeness (QED) is 0.425. The molecule has 4 aromatic rings. The summed E-state index contributed by atoms with van der Waals surface area (Å²) < 4.78 is 37.5. The van der Waals surface area contributed by atoms with Crippen LogP contribution in [0, 0.1) is 0 Å². The summed E-state index contributed by atoms with van der Waals surface area (Å²) in [6.45, 7) is 0. The van der Waals surface area contributed by atoms with E-state index in [1.807, 2.05) is 54.6 Å². The van der Waals surface area contributed by atoms with Crippen LogP contribution < -0.4 is 4.74 Å². The lowest BCUT2D eigenvalue weighted by atomic mass is 9.83. The van der Waals surface area contributed by atoms with E-state index in [1.165, 1.54) is 24.3 Å². The third kappa shape index (κ3) is 2.81. The minimum Gasteiger partial charge on any atom is -0.457 e. The fraction of sp³-hybridized carbons (Fsp3) is 0. The molecule has 1 aliphatic rings. The van der Waals surface area contributed by atoms with E-state index in [4.69, 9.17) is 9.29 Å². The standard InChI is InChI=1S/C23H14O5S/c24-23-18-5-2-1-4-16(18)17-12-13-21(19-6-3-7-20(23)22(17)19)28-14-8-10-15(11-9-14)29(25,26)27/h1-13H,(H,25,26,27). The van der Waals surface area contributed by atoms with Crippen molar-refractivity contribution in [1.82, 2.24) is 0 Å². The van der Waals surface area contributed by atoms with E-state index in [9.17, 15) is 13.2 Å². The summed E-state index contributed by atoms with van der Waals surface area (Å²) >= 11 is 0. The Balaban J connectivity index is 1.65. The molecule has 0 amide bonds. The van der Waals surface area contributed by atoms with Crippen molar-refractivity contribution >= 4 is 26.7 Å². The van der Waals surface area contributed by atoms with E-state index in [1.54, 1.807) is 0 Å². The molecule has 1 aliphatic carbocycles. The molecule has 0 radical (unpaired) electrons. The number of ketones is 1. The highest BCUT2D eigenvalue weighted by Crippen LogP contribution is 2.43. The van der Waals surface area contributed by atoms with Crippen LogP contribution in [0.5, 0.6) is 11.5 Å². The molecule has 0 atom stereocenters. The van der Waals surface area contributed by atoms with Crippen molar-refractivity contribution in [1.29, 1.82) is 0 Å². The number of hydrogen-bond acceptors (Lipinski definition) is 4. The van der Waals surface area contributed by atoms with Gasteiger partial charge in [-0.2, -0.15) is 8.42 Å². The van der Waals surface area contributed by atoms with Gasteiger partial charge in [0.15, 0.2) is 5.78 Å². The van der Waals surface area contributed by atoms with Crippen molar-refractivity contribution < 1.29 is 22.5 Å². The van der Waals surface area contributed by atoms with Gasteiger partial charge < -0.3 is 4.74 Å². The second-order valence-electron chi connectivity index (χ2n) is 6.76. The molecule has 0 unspecified atom stereocenters. The van der Waals surface area contributed by atoms with Crippen LogP contribution in [-0.4, -0.2) is 18.8 Å². The SMILES string of the molecule is O=C1c2ccccc2-c2ccc(Oc3ccc(S(=O)(=O)O)cc3)c3cccc1c23. The molecular weight excluding hydrogens is 388 g/mol.